The van der Waals surface area contributed by atoms with Crippen molar-refractivity contribution in [1.29, 1.82) is 0 Å². The molecule has 3 aromatic rings. The van der Waals surface area contributed by atoms with Gasteiger partial charge in [0.15, 0.2) is 0 Å². The fourth-order valence-electron chi connectivity index (χ4n) is 3.31. The molecule has 4 rings (SSSR count). The third-order valence-corrected chi connectivity index (χ3v) is 4.60. The largest absolute Gasteiger partial charge is 0.350 e. The molecule has 1 aromatic carbocycles. The molecular weight excluding hydrogens is 316 g/mol. The van der Waals surface area contributed by atoms with Crippen molar-refractivity contribution in [2.45, 2.75) is 38.3 Å². The zero-order valence-electron chi connectivity index (χ0n) is 13.9. The van der Waals surface area contributed by atoms with E-state index in [9.17, 15) is 4.79 Å². The minimum absolute atomic E-state index is 0.196. The van der Waals surface area contributed by atoms with Crippen LogP contribution in [0.1, 0.15) is 46.3 Å². The van der Waals surface area contributed by atoms with Crippen LogP contribution in [0.25, 0.3) is 0 Å². The molecule has 0 bridgehead atoms. The summed E-state index contributed by atoms with van der Waals surface area (Å²) in [6, 6.07) is 11.6. The fourth-order valence-corrected chi connectivity index (χ4v) is 3.31. The van der Waals surface area contributed by atoms with E-state index >= 15 is 0 Å². The van der Waals surface area contributed by atoms with Crippen LogP contribution in [-0.2, 0) is 19.4 Å². The zero-order chi connectivity index (χ0) is 17.1. The van der Waals surface area contributed by atoms with Gasteiger partial charge in [-0.1, -0.05) is 35.5 Å². The van der Waals surface area contributed by atoms with Crippen LogP contribution < -0.4 is 5.32 Å². The number of carbonyl (C=O) groups is 1. The Morgan fingerprint density at radius 3 is 2.84 bits per heavy atom. The van der Waals surface area contributed by atoms with Gasteiger partial charge in [-0.3, -0.25) is 9.48 Å². The van der Waals surface area contributed by atoms with Crippen molar-refractivity contribution in [3.63, 3.8) is 0 Å². The van der Waals surface area contributed by atoms with Crippen LogP contribution in [0.4, 0.5) is 0 Å². The van der Waals surface area contributed by atoms with Gasteiger partial charge in [0.1, 0.15) is 0 Å². The zero-order valence-corrected chi connectivity index (χ0v) is 13.9. The predicted molar refractivity (Wildman–Crippen MR) is 92.0 cm³/mol. The Morgan fingerprint density at radius 2 is 2.04 bits per heavy atom. The van der Waals surface area contributed by atoms with E-state index in [1.165, 1.54) is 0 Å². The number of carbonyl (C=O) groups excluding carboxylic acids is 1. The van der Waals surface area contributed by atoms with E-state index in [1.807, 2.05) is 47.3 Å². The highest BCUT2D eigenvalue weighted by Crippen LogP contribution is 2.25. The van der Waals surface area contributed by atoms with E-state index in [1.54, 1.807) is 6.20 Å². The fraction of sp³-hybridized carbons (Fsp3) is 0.316. The third-order valence-electron chi connectivity index (χ3n) is 4.60. The molecule has 1 N–H and O–H groups in total. The van der Waals surface area contributed by atoms with Gasteiger partial charge >= 0.3 is 0 Å². The predicted octanol–water partition coefficient (Wildman–Crippen LogP) is 2.92. The van der Waals surface area contributed by atoms with Crippen molar-refractivity contribution < 1.29 is 9.32 Å². The molecule has 0 spiro atoms. The van der Waals surface area contributed by atoms with E-state index in [-0.39, 0.29) is 11.9 Å². The molecule has 6 heteroatoms. The van der Waals surface area contributed by atoms with Gasteiger partial charge in [-0.05, 0) is 37.3 Å². The second-order valence-corrected chi connectivity index (χ2v) is 6.31. The number of rotatable bonds is 5. The van der Waals surface area contributed by atoms with E-state index in [0.29, 0.717) is 12.3 Å². The molecule has 2 heterocycles. The smallest absolute Gasteiger partial charge is 0.290 e. The quantitative estimate of drug-likeness (QED) is 0.777. The van der Waals surface area contributed by atoms with Crippen molar-refractivity contribution in [3.8, 4) is 0 Å². The molecule has 1 aliphatic rings. The first-order chi connectivity index (χ1) is 12.3. The first-order valence-electron chi connectivity index (χ1n) is 8.62. The van der Waals surface area contributed by atoms with Crippen molar-refractivity contribution in [2.75, 3.05) is 0 Å². The molecule has 0 fully saturated rings. The maximum atomic E-state index is 12.8. The lowest BCUT2D eigenvalue weighted by atomic mass is 9.96. The summed E-state index contributed by atoms with van der Waals surface area (Å²) in [6.07, 6.45) is 7.55. The average molecular weight is 336 g/mol. The molecule has 1 atom stereocenters. The molecule has 0 aliphatic heterocycles. The monoisotopic (exact) mass is 336 g/mol. The number of benzene rings is 1. The first-order valence-corrected chi connectivity index (χ1v) is 8.62. The van der Waals surface area contributed by atoms with Crippen molar-refractivity contribution in [1.82, 2.24) is 20.3 Å². The maximum Gasteiger partial charge on any atom is 0.290 e. The van der Waals surface area contributed by atoms with Gasteiger partial charge in [0.25, 0.3) is 5.91 Å². The van der Waals surface area contributed by atoms with Gasteiger partial charge in [-0.25, -0.2) is 0 Å². The highest BCUT2D eigenvalue weighted by molar-refractivity contribution is 5.93. The number of aromatic nitrogens is 3. The summed E-state index contributed by atoms with van der Waals surface area (Å²) in [5.41, 5.74) is 2.93. The van der Waals surface area contributed by atoms with Gasteiger partial charge in [-0.15, -0.1) is 0 Å². The van der Waals surface area contributed by atoms with E-state index < -0.39 is 0 Å². The number of aryl methyl sites for hydroxylation is 1. The second-order valence-electron chi connectivity index (χ2n) is 6.31. The Balaban J connectivity index is 1.57. The molecule has 1 aliphatic carbocycles. The van der Waals surface area contributed by atoms with Crippen LogP contribution >= 0.6 is 0 Å². The van der Waals surface area contributed by atoms with Gasteiger partial charge in [-0.2, -0.15) is 5.10 Å². The number of nitrogens with zero attached hydrogens (tertiary/aromatic N) is 3. The maximum absolute atomic E-state index is 12.8. The van der Waals surface area contributed by atoms with Crippen molar-refractivity contribution >= 4 is 5.91 Å². The van der Waals surface area contributed by atoms with E-state index in [4.69, 9.17) is 4.52 Å². The van der Waals surface area contributed by atoms with Crippen LogP contribution in [0.15, 0.2) is 53.3 Å². The molecule has 1 amide bonds. The number of nitrogens with one attached hydrogen (secondary N) is 1. The molecule has 25 heavy (non-hydrogen) atoms. The van der Waals surface area contributed by atoms with Crippen LogP contribution in [0.5, 0.6) is 0 Å². The van der Waals surface area contributed by atoms with Crippen LogP contribution in [-0.4, -0.2) is 20.8 Å². The SMILES string of the molecule is O=C(NC(Cn1cccn1)c1ccccc1)c1onc2c1CCCC2. The van der Waals surface area contributed by atoms with Gasteiger partial charge in [0.05, 0.1) is 18.3 Å². The second kappa shape index (κ2) is 6.93. The Labute approximate surface area is 145 Å². The third kappa shape index (κ3) is 3.33. The lowest BCUT2D eigenvalue weighted by Gasteiger charge is -2.19. The van der Waals surface area contributed by atoms with Crippen LogP contribution in [0.3, 0.4) is 0 Å². The van der Waals surface area contributed by atoms with Crippen LogP contribution in [0.2, 0.25) is 0 Å². The summed E-state index contributed by atoms with van der Waals surface area (Å²) in [5, 5.41) is 11.4. The highest BCUT2D eigenvalue weighted by Gasteiger charge is 2.26. The van der Waals surface area contributed by atoms with Crippen molar-refractivity contribution in [2.24, 2.45) is 0 Å². The topological polar surface area (TPSA) is 73.0 Å². The normalized spacial score (nSPS) is 14.7. The Hall–Kier alpha value is -2.89. The van der Waals surface area contributed by atoms with E-state index in [2.05, 4.69) is 15.6 Å². The molecule has 6 nitrogen and oxygen atoms in total. The number of hydrogen-bond donors (Lipinski definition) is 1. The molecule has 2 aromatic heterocycles. The number of hydrogen-bond acceptors (Lipinski definition) is 4. The first kappa shape index (κ1) is 15.6. The van der Waals surface area contributed by atoms with Crippen molar-refractivity contribution in [3.05, 3.63) is 71.4 Å². The Bertz CT molecular complexity index is 840. The van der Waals surface area contributed by atoms with Gasteiger partial charge in [0.2, 0.25) is 5.76 Å². The Kier molecular flexibility index (Phi) is 4.33. The highest BCUT2D eigenvalue weighted by atomic mass is 16.5. The summed E-state index contributed by atoms with van der Waals surface area (Å²) in [6.45, 7) is 0.555. The van der Waals surface area contributed by atoms with Gasteiger partial charge in [0, 0.05) is 18.0 Å². The van der Waals surface area contributed by atoms with E-state index in [0.717, 1.165) is 42.5 Å². The minimum atomic E-state index is -0.211. The lowest BCUT2D eigenvalue weighted by Crippen LogP contribution is -2.32. The van der Waals surface area contributed by atoms with Gasteiger partial charge < -0.3 is 9.84 Å². The summed E-state index contributed by atoms with van der Waals surface area (Å²) in [7, 11) is 0. The summed E-state index contributed by atoms with van der Waals surface area (Å²) < 4.78 is 7.18. The molecule has 1 unspecified atom stereocenters. The molecular formula is C19H20N4O2. The number of fused-ring (bicyclic) bond motifs is 1. The van der Waals surface area contributed by atoms with Crippen LogP contribution in [0, 0.1) is 0 Å². The lowest BCUT2D eigenvalue weighted by molar-refractivity contribution is 0.0893. The molecule has 0 radical (unpaired) electrons. The Morgan fingerprint density at radius 1 is 1.20 bits per heavy atom. The summed E-state index contributed by atoms with van der Waals surface area (Å²) >= 11 is 0. The molecule has 0 saturated heterocycles. The average Bonchev–Trinajstić information content (AvgIpc) is 3.31. The minimum Gasteiger partial charge on any atom is -0.350 e. The molecule has 0 saturated carbocycles. The molecule has 128 valence electrons. The summed E-state index contributed by atoms with van der Waals surface area (Å²) in [5.74, 6) is 0.146. The number of amides is 1. The summed E-state index contributed by atoms with van der Waals surface area (Å²) in [4.78, 5) is 12.8. The standard InChI is InChI=1S/C19H20N4O2/c24-19(18-15-9-4-5-10-16(15)22-25-18)21-17(13-23-12-6-11-20-23)14-7-2-1-3-8-14/h1-3,6-8,11-12,17H,4-5,9-10,13H2,(H,21,24).